The van der Waals surface area contributed by atoms with Gasteiger partial charge in [-0.2, -0.15) is 0 Å². The summed E-state index contributed by atoms with van der Waals surface area (Å²) in [6.07, 6.45) is 1.40. The lowest BCUT2D eigenvalue weighted by Crippen LogP contribution is -1.95. The Labute approximate surface area is 105 Å². The lowest BCUT2D eigenvalue weighted by atomic mass is 10.0. The lowest BCUT2D eigenvalue weighted by molar-refractivity contribution is 0.112. The quantitative estimate of drug-likeness (QED) is 0.772. The first-order valence-electron chi connectivity index (χ1n) is 5.59. The molecule has 0 spiro atoms. The molecule has 2 rings (SSSR count). The maximum absolute atomic E-state index is 12.8. The summed E-state index contributed by atoms with van der Waals surface area (Å²) in [6.45, 7) is 0. The molecule has 0 fully saturated rings. The van der Waals surface area contributed by atoms with E-state index in [0.717, 1.165) is 23.2 Å². The maximum atomic E-state index is 12.8. The Kier molecular flexibility index (Phi) is 3.72. The molecule has 2 aromatic rings. The van der Waals surface area contributed by atoms with Crippen LogP contribution in [0.1, 0.15) is 21.5 Å². The fraction of sp³-hybridized carbons (Fsp3) is 0.133. The summed E-state index contributed by atoms with van der Waals surface area (Å²) in [5, 5.41) is 0. The molecular weight excluding hydrogens is 231 g/mol. The van der Waals surface area contributed by atoms with Gasteiger partial charge in [0, 0.05) is 12.0 Å². The number of ether oxygens (including phenoxy) is 1. The fourth-order valence-corrected chi connectivity index (χ4v) is 1.83. The third-order valence-corrected chi connectivity index (χ3v) is 2.75. The Morgan fingerprint density at radius 1 is 1.17 bits per heavy atom. The Morgan fingerprint density at radius 3 is 2.50 bits per heavy atom. The Bertz CT molecular complexity index is 547. The molecule has 2 aromatic carbocycles. The van der Waals surface area contributed by atoms with E-state index in [0.29, 0.717) is 12.0 Å². The first kappa shape index (κ1) is 12.3. The minimum atomic E-state index is -0.257. The number of rotatable bonds is 4. The fourth-order valence-electron chi connectivity index (χ4n) is 1.83. The Balaban J connectivity index is 2.31. The molecule has 0 amide bonds. The van der Waals surface area contributed by atoms with Gasteiger partial charge in [0.15, 0.2) is 0 Å². The van der Waals surface area contributed by atoms with Crippen molar-refractivity contribution in [3.8, 4) is 5.75 Å². The van der Waals surface area contributed by atoms with Gasteiger partial charge in [-0.3, -0.25) is 4.79 Å². The van der Waals surface area contributed by atoms with Crippen LogP contribution in [0.5, 0.6) is 5.75 Å². The highest BCUT2D eigenvalue weighted by Gasteiger charge is 2.05. The van der Waals surface area contributed by atoms with Crippen molar-refractivity contribution >= 4 is 6.29 Å². The minimum absolute atomic E-state index is 0.257. The zero-order valence-electron chi connectivity index (χ0n) is 10.0. The van der Waals surface area contributed by atoms with Gasteiger partial charge < -0.3 is 4.74 Å². The molecule has 92 valence electrons. The second kappa shape index (κ2) is 5.45. The molecule has 0 aliphatic carbocycles. The number of benzene rings is 2. The van der Waals surface area contributed by atoms with Crippen LogP contribution in [0.2, 0.25) is 0 Å². The van der Waals surface area contributed by atoms with E-state index in [2.05, 4.69) is 0 Å². The van der Waals surface area contributed by atoms with E-state index >= 15 is 0 Å². The molecule has 0 unspecified atom stereocenters. The predicted octanol–water partition coefficient (Wildman–Crippen LogP) is 3.24. The van der Waals surface area contributed by atoms with E-state index < -0.39 is 0 Å². The van der Waals surface area contributed by atoms with Crippen molar-refractivity contribution in [3.05, 3.63) is 65.0 Å². The highest BCUT2D eigenvalue weighted by atomic mass is 19.1. The van der Waals surface area contributed by atoms with Crippen LogP contribution in [-0.4, -0.2) is 13.4 Å². The van der Waals surface area contributed by atoms with Crippen LogP contribution in [0.4, 0.5) is 4.39 Å². The van der Waals surface area contributed by atoms with E-state index in [9.17, 15) is 9.18 Å². The molecule has 3 heteroatoms. The number of hydrogen-bond acceptors (Lipinski definition) is 2. The first-order valence-corrected chi connectivity index (χ1v) is 5.59. The number of halogens is 1. The van der Waals surface area contributed by atoms with Crippen LogP contribution < -0.4 is 4.74 Å². The van der Waals surface area contributed by atoms with Crippen LogP contribution in [0.25, 0.3) is 0 Å². The molecule has 0 N–H and O–H groups in total. The topological polar surface area (TPSA) is 26.3 Å². The Morgan fingerprint density at radius 2 is 1.89 bits per heavy atom. The van der Waals surface area contributed by atoms with Gasteiger partial charge in [-0.25, -0.2) is 4.39 Å². The molecule has 0 saturated heterocycles. The summed E-state index contributed by atoms with van der Waals surface area (Å²) in [5.74, 6) is 0.470. The molecule has 0 radical (unpaired) electrons. The standard InChI is InChI=1S/C15H13FO2/c1-18-15-7-4-12(10-17)9-13(15)8-11-2-5-14(16)6-3-11/h2-7,9-10H,8H2,1H3. The van der Waals surface area contributed by atoms with Gasteiger partial charge in [-0.15, -0.1) is 0 Å². The molecule has 0 atom stereocenters. The van der Waals surface area contributed by atoms with Crippen LogP contribution in [0.15, 0.2) is 42.5 Å². The summed E-state index contributed by atoms with van der Waals surface area (Å²) in [4.78, 5) is 10.8. The van der Waals surface area contributed by atoms with Crippen molar-refractivity contribution in [2.45, 2.75) is 6.42 Å². The number of carbonyl (C=O) groups is 1. The van der Waals surface area contributed by atoms with Crippen molar-refractivity contribution < 1.29 is 13.9 Å². The third-order valence-electron chi connectivity index (χ3n) is 2.75. The van der Waals surface area contributed by atoms with E-state index in [-0.39, 0.29) is 5.82 Å². The maximum Gasteiger partial charge on any atom is 0.150 e. The van der Waals surface area contributed by atoms with Gasteiger partial charge in [-0.05, 0) is 41.5 Å². The molecule has 2 nitrogen and oxygen atoms in total. The monoisotopic (exact) mass is 244 g/mol. The highest BCUT2D eigenvalue weighted by molar-refractivity contribution is 5.75. The van der Waals surface area contributed by atoms with Crippen molar-refractivity contribution in [2.75, 3.05) is 7.11 Å². The van der Waals surface area contributed by atoms with Gasteiger partial charge in [0.1, 0.15) is 17.9 Å². The summed E-state index contributed by atoms with van der Waals surface area (Å²) in [6, 6.07) is 11.6. The van der Waals surface area contributed by atoms with Gasteiger partial charge >= 0.3 is 0 Å². The molecule has 0 saturated carbocycles. The predicted molar refractivity (Wildman–Crippen MR) is 67.6 cm³/mol. The molecule has 0 heterocycles. The zero-order valence-corrected chi connectivity index (χ0v) is 10.0. The summed E-state index contributed by atoms with van der Waals surface area (Å²) in [5.41, 5.74) is 2.49. The summed E-state index contributed by atoms with van der Waals surface area (Å²) < 4.78 is 18.1. The lowest BCUT2D eigenvalue weighted by Gasteiger charge is -2.09. The second-order valence-electron chi connectivity index (χ2n) is 3.99. The largest absolute Gasteiger partial charge is 0.496 e. The van der Waals surface area contributed by atoms with E-state index in [1.54, 1.807) is 37.4 Å². The second-order valence-corrected chi connectivity index (χ2v) is 3.99. The van der Waals surface area contributed by atoms with E-state index in [1.165, 1.54) is 12.1 Å². The van der Waals surface area contributed by atoms with Gasteiger partial charge in [0.2, 0.25) is 0 Å². The average molecular weight is 244 g/mol. The number of carbonyl (C=O) groups excluding carboxylic acids is 1. The first-order chi connectivity index (χ1) is 8.72. The van der Waals surface area contributed by atoms with Crippen molar-refractivity contribution in [2.24, 2.45) is 0 Å². The molecular formula is C15H13FO2. The van der Waals surface area contributed by atoms with Crippen LogP contribution in [0, 0.1) is 5.82 Å². The summed E-state index contributed by atoms with van der Waals surface area (Å²) >= 11 is 0. The smallest absolute Gasteiger partial charge is 0.150 e. The summed E-state index contributed by atoms with van der Waals surface area (Å²) in [7, 11) is 1.59. The van der Waals surface area contributed by atoms with Crippen LogP contribution in [0.3, 0.4) is 0 Å². The number of methoxy groups -OCH3 is 1. The Hall–Kier alpha value is -2.16. The van der Waals surface area contributed by atoms with Gasteiger partial charge in [0.25, 0.3) is 0 Å². The van der Waals surface area contributed by atoms with E-state index in [1.807, 2.05) is 0 Å². The van der Waals surface area contributed by atoms with Crippen molar-refractivity contribution in [1.29, 1.82) is 0 Å². The minimum Gasteiger partial charge on any atom is -0.496 e. The molecule has 0 aromatic heterocycles. The molecule has 0 aliphatic rings. The van der Waals surface area contributed by atoms with Crippen LogP contribution >= 0.6 is 0 Å². The number of aldehydes is 1. The van der Waals surface area contributed by atoms with Crippen LogP contribution in [-0.2, 0) is 6.42 Å². The zero-order chi connectivity index (χ0) is 13.0. The third kappa shape index (κ3) is 2.74. The molecule has 0 bridgehead atoms. The average Bonchev–Trinajstić information content (AvgIpc) is 2.41. The van der Waals surface area contributed by atoms with Gasteiger partial charge in [0.05, 0.1) is 7.11 Å². The van der Waals surface area contributed by atoms with E-state index in [4.69, 9.17) is 4.74 Å². The molecule has 0 aliphatic heterocycles. The number of hydrogen-bond donors (Lipinski definition) is 0. The normalized spacial score (nSPS) is 10.1. The van der Waals surface area contributed by atoms with Crippen molar-refractivity contribution in [3.63, 3.8) is 0 Å². The highest BCUT2D eigenvalue weighted by Crippen LogP contribution is 2.22. The SMILES string of the molecule is COc1ccc(C=O)cc1Cc1ccc(F)cc1. The van der Waals surface area contributed by atoms with Crippen molar-refractivity contribution in [1.82, 2.24) is 0 Å². The molecule has 18 heavy (non-hydrogen) atoms. The van der Waals surface area contributed by atoms with Gasteiger partial charge in [-0.1, -0.05) is 12.1 Å².